The molecule has 3 aromatic heterocycles. The van der Waals surface area contributed by atoms with Gasteiger partial charge in [-0.2, -0.15) is 5.10 Å². The van der Waals surface area contributed by atoms with Gasteiger partial charge in [0.05, 0.1) is 6.54 Å². The van der Waals surface area contributed by atoms with Crippen LogP contribution in [0.3, 0.4) is 0 Å². The maximum atomic E-state index is 4.65. The third-order valence-electron chi connectivity index (χ3n) is 3.64. The van der Waals surface area contributed by atoms with Gasteiger partial charge in [-0.1, -0.05) is 0 Å². The summed E-state index contributed by atoms with van der Waals surface area (Å²) in [5.41, 5.74) is 1.09. The maximum absolute atomic E-state index is 4.65. The molecule has 0 radical (unpaired) electrons. The Morgan fingerprint density at radius 2 is 2.00 bits per heavy atom. The summed E-state index contributed by atoms with van der Waals surface area (Å²) in [6.45, 7) is 5.18. The van der Waals surface area contributed by atoms with Crippen molar-refractivity contribution in [3.05, 3.63) is 66.9 Å². The van der Waals surface area contributed by atoms with Crippen LogP contribution in [-0.2, 0) is 13.1 Å². The van der Waals surface area contributed by atoms with E-state index in [-0.39, 0.29) is 0 Å². The van der Waals surface area contributed by atoms with Crippen molar-refractivity contribution in [3.63, 3.8) is 0 Å². The van der Waals surface area contributed by atoms with E-state index < -0.39 is 0 Å². The predicted molar refractivity (Wildman–Crippen MR) is 98.6 cm³/mol. The predicted octanol–water partition coefficient (Wildman–Crippen LogP) is 1.82. The number of rotatable bonds is 7. The lowest BCUT2D eigenvalue weighted by atomic mass is 10.2. The molecule has 0 fully saturated rings. The van der Waals surface area contributed by atoms with E-state index in [1.54, 1.807) is 17.1 Å². The first-order valence-corrected chi connectivity index (χ1v) is 8.43. The molecule has 0 aliphatic carbocycles. The van der Waals surface area contributed by atoms with Gasteiger partial charge < -0.3 is 15.2 Å². The molecule has 0 aliphatic rings. The Bertz CT molecular complexity index is 776. The van der Waals surface area contributed by atoms with Crippen molar-refractivity contribution in [2.75, 3.05) is 13.1 Å². The van der Waals surface area contributed by atoms with Crippen LogP contribution in [-0.4, -0.2) is 38.4 Å². The van der Waals surface area contributed by atoms with Crippen molar-refractivity contribution in [1.29, 1.82) is 0 Å². The Morgan fingerprint density at radius 1 is 1.12 bits per heavy atom. The van der Waals surface area contributed by atoms with Gasteiger partial charge in [0.15, 0.2) is 11.8 Å². The van der Waals surface area contributed by atoms with Gasteiger partial charge in [0.2, 0.25) is 0 Å². The lowest BCUT2D eigenvalue weighted by molar-refractivity contribution is 0.665. The van der Waals surface area contributed by atoms with E-state index in [0.29, 0.717) is 6.54 Å². The SMILES string of the molecule is CCNC(=NCc1ccnc(-n2cccn2)c1)NCCn1cccc1. The molecule has 3 heterocycles. The fourth-order valence-corrected chi connectivity index (χ4v) is 2.42. The van der Waals surface area contributed by atoms with Crippen LogP contribution < -0.4 is 10.6 Å². The highest BCUT2D eigenvalue weighted by atomic mass is 15.3. The highest BCUT2D eigenvalue weighted by Gasteiger charge is 2.01. The first kappa shape index (κ1) is 16.8. The van der Waals surface area contributed by atoms with Gasteiger partial charge in [0, 0.05) is 50.6 Å². The maximum Gasteiger partial charge on any atom is 0.191 e. The van der Waals surface area contributed by atoms with Crippen LogP contribution in [0.2, 0.25) is 0 Å². The topological polar surface area (TPSA) is 72.1 Å². The number of nitrogens with one attached hydrogen (secondary N) is 2. The fraction of sp³-hybridized carbons (Fsp3) is 0.278. The lowest BCUT2D eigenvalue weighted by Gasteiger charge is -2.12. The number of aromatic nitrogens is 4. The smallest absolute Gasteiger partial charge is 0.191 e. The molecule has 0 saturated carbocycles. The van der Waals surface area contributed by atoms with Crippen molar-refractivity contribution >= 4 is 5.96 Å². The Labute approximate surface area is 147 Å². The van der Waals surface area contributed by atoms with Crippen LogP contribution in [0.15, 0.2) is 66.3 Å². The second kappa shape index (κ2) is 8.68. The molecule has 0 bridgehead atoms. The van der Waals surface area contributed by atoms with Crippen LogP contribution in [0.5, 0.6) is 0 Å². The Hall–Kier alpha value is -3.09. The van der Waals surface area contributed by atoms with Crippen LogP contribution in [0.1, 0.15) is 12.5 Å². The summed E-state index contributed by atoms with van der Waals surface area (Å²) < 4.78 is 3.88. The van der Waals surface area contributed by atoms with Crippen molar-refractivity contribution in [3.8, 4) is 5.82 Å². The lowest BCUT2D eigenvalue weighted by Crippen LogP contribution is -2.38. The van der Waals surface area contributed by atoms with E-state index in [1.165, 1.54) is 0 Å². The van der Waals surface area contributed by atoms with Crippen molar-refractivity contribution in [2.24, 2.45) is 4.99 Å². The van der Waals surface area contributed by atoms with Gasteiger partial charge >= 0.3 is 0 Å². The standard InChI is InChI=1S/C18H23N7/c1-2-19-18(21-9-13-24-10-3-4-11-24)22-15-16-6-8-20-17(14-16)25-12-5-7-23-25/h3-8,10-12,14H,2,9,13,15H2,1H3,(H2,19,21,22). The summed E-state index contributed by atoms with van der Waals surface area (Å²) in [5.74, 6) is 1.61. The molecule has 3 rings (SSSR count). The summed E-state index contributed by atoms with van der Waals surface area (Å²) in [4.78, 5) is 8.99. The summed E-state index contributed by atoms with van der Waals surface area (Å²) in [6.07, 6.45) is 9.51. The van der Waals surface area contributed by atoms with E-state index in [9.17, 15) is 0 Å². The first-order chi connectivity index (χ1) is 12.3. The average Bonchev–Trinajstić information content (AvgIpc) is 3.34. The molecule has 0 saturated heterocycles. The molecule has 7 nitrogen and oxygen atoms in total. The monoisotopic (exact) mass is 337 g/mol. The van der Waals surface area contributed by atoms with E-state index in [1.807, 2.05) is 36.5 Å². The average molecular weight is 337 g/mol. The highest BCUT2D eigenvalue weighted by Crippen LogP contribution is 2.07. The molecule has 0 spiro atoms. The van der Waals surface area contributed by atoms with E-state index in [2.05, 4.69) is 49.6 Å². The van der Waals surface area contributed by atoms with Crippen molar-refractivity contribution < 1.29 is 0 Å². The second-order valence-electron chi connectivity index (χ2n) is 5.52. The Balaban J connectivity index is 1.59. The molecule has 25 heavy (non-hydrogen) atoms. The minimum atomic E-state index is 0.579. The molecule has 0 aromatic carbocycles. The minimum Gasteiger partial charge on any atom is -0.357 e. The van der Waals surface area contributed by atoms with Crippen LogP contribution in [0.4, 0.5) is 0 Å². The third-order valence-corrected chi connectivity index (χ3v) is 3.64. The third kappa shape index (κ3) is 4.94. The van der Waals surface area contributed by atoms with E-state index in [4.69, 9.17) is 0 Å². The molecular formula is C18H23N7. The van der Waals surface area contributed by atoms with Gasteiger partial charge in [0.25, 0.3) is 0 Å². The Morgan fingerprint density at radius 3 is 2.76 bits per heavy atom. The van der Waals surface area contributed by atoms with Crippen molar-refractivity contribution in [2.45, 2.75) is 20.0 Å². The molecule has 0 atom stereocenters. The minimum absolute atomic E-state index is 0.579. The van der Waals surface area contributed by atoms with Gasteiger partial charge in [0.1, 0.15) is 0 Å². The van der Waals surface area contributed by atoms with Gasteiger partial charge in [-0.3, -0.25) is 0 Å². The number of pyridine rings is 1. The number of aliphatic imine (C=N–C) groups is 1. The zero-order chi connectivity index (χ0) is 17.3. The molecular weight excluding hydrogens is 314 g/mol. The normalized spacial score (nSPS) is 11.5. The highest BCUT2D eigenvalue weighted by molar-refractivity contribution is 5.79. The van der Waals surface area contributed by atoms with E-state index >= 15 is 0 Å². The number of guanidine groups is 1. The van der Waals surface area contributed by atoms with Crippen LogP contribution in [0, 0.1) is 0 Å². The Kier molecular flexibility index (Phi) is 5.82. The van der Waals surface area contributed by atoms with Gasteiger partial charge in [-0.15, -0.1) is 0 Å². The molecule has 7 heteroatoms. The molecule has 0 aliphatic heterocycles. The summed E-state index contributed by atoms with van der Waals surface area (Å²) >= 11 is 0. The van der Waals surface area contributed by atoms with Crippen LogP contribution in [0.25, 0.3) is 5.82 Å². The van der Waals surface area contributed by atoms with Gasteiger partial charge in [-0.05, 0) is 42.8 Å². The molecule has 130 valence electrons. The van der Waals surface area contributed by atoms with E-state index in [0.717, 1.165) is 37.0 Å². The number of hydrogen-bond acceptors (Lipinski definition) is 3. The number of hydrogen-bond donors (Lipinski definition) is 2. The molecule has 0 amide bonds. The second-order valence-corrected chi connectivity index (χ2v) is 5.52. The summed E-state index contributed by atoms with van der Waals surface area (Å²) in [6, 6.07) is 9.91. The molecule has 0 unspecified atom stereocenters. The van der Waals surface area contributed by atoms with Gasteiger partial charge in [-0.25, -0.2) is 14.7 Å². The summed E-state index contributed by atoms with van der Waals surface area (Å²) in [7, 11) is 0. The largest absolute Gasteiger partial charge is 0.357 e. The van der Waals surface area contributed by atoms with Crippen molar-refractivity contribution in [1.82, 2.24) is 30.0 Å². The first-order valence-electron chi connectivity index (χ1n) is 8.43. The zero-order valence-electron chi connectivity index (χ0n) is 14.3. The van der Waals surface area contributed by atoms with Crippen LogP contribution >= 0.6 is 0 Å². The molecule has 2 N–H and O–H groups in total. The quantitative estimate of drug-likeness (QED) is 0.510. The fourth-order valence-electron chi connectivity index (χ4n) is 2.42. The summed E-state index contributed by atoms with van der Waals surface area (Å²) in [5, 5.41) is 10.8. The molecule has 3 aromatic rings. The number of nitrogens with zero attached hydrogens (tertiary/aromatic N) is 5. The zero-order valence-corrected chi connectivity index (χ0v) is 14.3.